The number of benzene rings is 3. The van der Waals surface area contributed by atoms with E-state index in [4.69, 9.17) is 23.2 Å². The molecule has 0 radical (unpaired) electrons. The van der Waals surface area contributed by atoms with Gasteiger partial charge in [0.05, 0.1) is 15.6 Å². The molecule has 5 nitrogen and oxygen atoms in total. The molecule has 0 aromatic heterocycles. The standard InChI is InChI=1S/C22H20Cl2N2O3S/c1-15-8-9-16(2)20(12-15)25-22(27)14-26(21-11-10-17(23)13-19(21)24)30(28,29)18-6-4-3-5-7-18/h3-13H,14H2,1-2H3,(H,25,27). The first kappa shape index (κ1) is 22.2. The topological polar surface area (TPSA) is 66.5 Å². The number of amides is 1. The normalized spacial score (nSPS) is 11.2. The fourth-order valence-corrected chi connectivity index (χ4v) is 4.92. The maximum Gasteiger partial charge on any atom is 0.264 e. The molecule has 0 saturated carbocycles. The summed E-state index contributed by atoms with van der Waals surface area (Å²) in [6, 6.07) is 18.0. The minimum atomic E-state index is -4.05. The van der Waals surface area contributed by atoms with Crippen LogP contribution in [0.4, 0.5) is 11.4 Å². The molecule has 3 rings (SSSR count). The molecule has 156 valence electrons. The highest BCUT2D eigenvalue weighted by molar-refractivity contribution is 7.92. The number of carbonyl (C=O) groups excluding carboxylic acids is 1. The Kier molecular flexibility index (Phi) is 6.71. The summed E-state index contributed by atoms with van der Waals surface area (Å²) in [7, 11) is -4.05. The smallest absolute Gasteiger partial charge is 0.264 e. The highest BCUT2D eigenvalue weighted by Gasteiger charge is 2.29. The quantitative estimate of drug-likeness (QED) is 0.529. The molecule has 0 heterocycles. The minimum absolute atomic E-state index is 0.0514. The van der Waals surface area contributed by atoms with Crippen LogP contribution in [0.3, 0.4) is 0 Å². The van der Waals surface area contributed by atoms with E-state index in [1.165, 1.54) is 30.3 Å². The van der Waals surface area contributed by atoms with Crippen molar-refractivity contribution in [3.8, 4) is 0 Å². The molecule has 3 aromatic carbocycles. The first-order valence-corrected chi connectivity index (χ1v) is 11.3. The summed E-state index contributed by atoms with van der Waals surface area (Å²) in [5.41, 5.74) is 2.64. The second-order valence-corrected chi connectivity index (χ2v) is 9.49. The molecular formula is C22H20Cl2N2O3S. The Bertz CT molecular complexity index is 1180. The molecule has 0 unspecified atom stereocenters. The lowest BCUT2D eigenvalue weighted by atomic mass is 10.1. The van der Waals surface area contributed by atoms with E-state index in [9.17, 15) is 13.2 Å². The van der Waals surface area contributed by atoms with Crippen molar-refractivity contribution < 1.29 is 13.2 Å². The predicted octanol–water partition coefficient (Wildman–Crippen LogP) is 5.44. The largest absolute Gasteiger partial charge is 0.324 e. The van der Waals surface area contributed by atoms with Crippen LogP contribution in [0, 0.1) is 13.8 Å². The van der Waals surface area contributed by atoms with Crippen LogP contribution in [0.1, 0.15) is 11.1 Å². The number of hydrogen-bond acceptors (Lipinski definition) is 3. The molecule has 0 bridgehead atoms. The summed E-state index contributed by atoms with van der Waals surface area (Å²) in [6.07, 6.45) is 0. The van der Waals surface area contributed by atoms with E-state index in [1.807, 2.05) is 32.0 Å². The van der Waals surface area contributed by atoms with Gasteiger partial charge in [0.25, 0.3) is 10.0 Å². The maximum atomic E-state index is 13.3. The molecule has 0 aliphatic carbocycles. The van der Waals surface area contributed by atoms with Crippen molar-refractivity contribution in [2.24, 2.45) is 0 Å². The van der Waals surface area contributed by atoms with Crippen LogP contribution in [0.2, 0.25) is 10.0 Å². The molecule has 8 heteroatoms. The van der Waals surface area contributed by atoms with Gasteiger partial charge in [-0.1, -0.05) is 53.5 Å². The number of rotatable bonds is 6. The van der Waals surface area contributed by atoms with Crippen LogP contribution in [0.15, 0.2) is 71.6 Å². The van der Waals surface area contributed by atoms with Gasteiger partial charge < -0.3 is 5.32 Å². The molecule has 0 atom stereocenters. The predicted molar refractivity (Wildman–Crippen MR) is 122 cm³/mol. The molecule has 0 spiro atoms. The van der Waals surface area contributed by atoms with Gasteiger partial charge in [0.1, 0.15) is 6.54 Å². The summed E-state index contributed by atoms with van der Waals surface area (Å²) in [6.45, 7) is 3.32. The summed E-state index contributed by atoms with van der Waals surface area (Å²) in [5, 5.41) is 3.28. The third-order valence-electron chi connectivity index (χ3n) is 4.46. The Morgan fingerprint density at radius 1 is 0.967 bits per heavy atom. The maximum absolute atomic E-state index is 13.3. The zero-order valence-corrected chi connectivity index (χ0v) is 18.7. The minimum Gasteiger partial charge on any atom is -0.324 e. The molecule has 0 aliphatic heterocycles. The molecule has 0 aliphatic rings. The van der Waals surface area contributed by atoms with Crippen molar-refractivity contribution >= 4 is 50.5 Å². The van der Waals surface area contributed by atoms with Gasteiger partial charge >= 0.3 is 0 Å². The Labute approximate surface area is 186 Å². The third-order valence-corrected chi connectivity index (χ3v) is 6.78. The number of hydrogen-bond donors (Lipinski definition) is 1. The SMILES string of the molecule is Cc1ccc(C)c(NC(=O)CN(c2ccc(Cl)cc2Cl)S(=O)(=O)c2ccccc2)c1. The van der Waals surface area contributed by atoms with Gasteiger partial charge in [-0.25, -0.2) is 8.42 Å². The van der Waals surface area contributed by atoms with Gasteiger partial charge in [0.2, 0.25) is 5.91 Å². The number of nitrogens with zero attached hydrogens (tertiary/aromatic N) is 1. The first-order chi connectivity index (χ1) is 14.2. The van der Waals surface area contributed by atoms with E-state index in [0.29, 0.717) is 10.7 Å². The van der Waals surface area contributed by atoms with Gasteiger partial charge in [-0.2, -0.15) is 0 Å². The summed E-state index contributed by atoms with van der Waals surface area (Å²) >= 11 is 12.3. The van der Waals surface area contributed by atoms with Crippen molar-refractivity contribution in [2.75, 3.05) is 16.2 Å². The van der Waals surface area contributed by atoms with Crippen molar-refractivity contribution in [3.63, 3.8) is 0 Å². The molecule has 0 saturated heterocycles. The average molecular weight is 463 g/mol. The Morgan fingerprint density at radius 3 is 2.33 bits per heavy atom. The van der Waals surface area contributed by atoms with Crippen LogP contribution in [-0.4, -0.2) is 20.9 Å². The number of anilines is 2. The number of carbonyl (C=O) groups is 1. The van der Waals surface area contributed by atoms with E-state index in [0.717, 1.165) is 15.4 Å². The zero-order chi connectivity index (χ0) is 21.9. The lowest BCUT2D eigenvalue weighted by Crippen LogP contribution is -2.38. The highest BCUT2D eigenvalue weighted by atomic mass is 35.5. The van der Waals surface area contributed by atoms with E-state index in [-0.39, 0.29) is 15.6 Å². The van der Waals surface area contributed by atoms with Gasteiger partial charge in [-0.3, -0.25) is 9.10 Å². The zero-order valence-electron chi connectivity index (χ0n) is 16.4. The molecule has 0 fully saturated rings. The second-order valence-electron chi connectivity index (χ2n) is 6.79. The van der Waals surface area contributed by atoms with Crippen LogP contribution in [0.25, 0.3) is 0 Å². The van der Waals surface area contributed by atoms with Crippen LogP contribution >= 0.6 is 23.2 Å². The van der Waals surface area contributed by atoms with Crippen LogP contribution < -0.4 is 9.62 Å². The van der Waals surface area contributed by atoms with E-state index in [1.54, 1.807) is 18.2 Å². The highest BCUT2D eigenvalue weighted by Crippen LogP contribution is 2.32. The number of nitrogens with one attached hydrogen (secondary N) is 1. The summed E-state index contributed by atoms with van der Waals surface area (Å²) in [4.78, 5) is 12.9. The van der Waals surface area contributed by atoms with Crippen molar-refractivity contribution in [3.05, 3.63) is 87.9 Å². The van der Waals surface area contributed by atoms with E-state index < -0.39 is 22.5 Å². The third kappa shape index (κ3) is 4.95. The number of aryl methyl sites for hydroxylation is 2. The molecule has 1 amide bonds. The van der Waals surface area contributed by atoms with E-state index in [2.05, 4.69) is 5.32 Å². The van der Waals surface area contributed by atoms with E-state index >= 15 is 0 Å². The second kappa shape index (κ2) is 9.08. The average Bonchev–Trinajstić information content (AvgIpc) is 2.70. The number of halogens is 2. The van der Waals surface area contributed by atoms with Crippen molar-refractivity contribution in [1.29, 1.82) is 0 Å². The molecule has 30 heavy (non-hydrogen) atoms. The van der Waals surface area contributed by atoms with Gasteiger partial charge in [-0.05, 0) is 61.4 Å². The Morgan fingerprint density at radius 2 is 1.67 bits per heavy atom. The Balaban J connectivity index is 1.99. The van der Waals surface area contributed by atoms with Gasteiger partial charge in [0, 0.05) is 10.7 Å². The fraction of sp³-hybridized carbons (Fsp3) is 0.136. The van der Waals surface area contributed by atoms with Crippen molar-refractivity contribution in [2.45, 2.75) is 18.7 Å². The first-order valence-electron chi connectivity index (χ1n) is 9.08. The monoisotopic (exact) mass is 462 g/mol. The molecular weight excluding hydrogens is 443 g/mol. The summed E-state index contributed by atoms with van der Waals surface area (Å²) in [5.74, 6) is -0.491. The van der Waals surface area contributed by atoms with Gasteiger partial charge in [-0.15, -0.1) is 0 Å². The van der Waals surface area contributed by atoms with Gasteiger partial charge in [0.15, 0.2) is 0 Å². The van der Waals surface area contributed by atoms with Crippen LogP contribution in [-0.2, 0) is 14.8 Å². The fourth-order valence-electron chi connectivity index (χ4n) is 2.89. The Hall–Kier alpha value is -2.54. The molecule has 1 N–H and O–H groups in total. The lowest BCUT2D eigenvalue weighted by molar-refractivity contribution is -0.114. The summed E-state index contributed by atoms with van der Waals surface area (Å²) < 4.78 is 27.7. The van der Waals surface area contributed by atoms with Crippen molar-refractivity contribution in [1.82, 2.24) is 0 Å². The molecule has 3 aromatic rings. The van der Waals surface area contributed by atoms with Crippen LogP contribution in [0.5, 0.6) is 0 Å². The number of sulfonamides is 1. The lowest BCUT2D eigenvalue weighted by Gasteiger charge is -2.25.